The van der Waals surface area contributed by atoms with Crippen molar-refractivity contribution in [2.75, 3.05) is 19.8 Å². The van der Waals surface area contributed by atoms with Gasteiger partial charge in [-0.3, -0.25) is 0 Å². The summed E-state index contributed by atoms with van der Waals surface area (Å²) in [5.41, 5.74) is 5.85. The standard InChI is InChI=1S/C11H24N2O/c1-3-11(12)4-6-13-9(2)10-5-7-14-8-10/h9-11,13H,3-8,12H2,1-2H3. The summed E-state index contributed by atoms with van der Waals surface area (Å²) in [6, 6.07) is 0.927. The summed E-state index contributed by atoms with van der Waals surface area (Å²) < 4.78 is 5.36. The topological polar surface area (TPSA) is 47.3 Å². The molecular weight excluding hydrogens is 176 g/mol. The minimum Gasteiger partial charge on any atom is -0.381 e. The minimum atomic E-state index is 0.356. The molecule has 3 N–H and O–H groups in total. The third kappa shape index (κ3) is 3.95. The predicted octanol–water partition coefficient (Wildman–Crippen LogP) is 1.13. The molecule has 1 heterocycles. The summed E-state index contributed by atoms with van der Waals surface area (Å²) in [5.74, 6) is 0.702. The zero-order valence-corrected chi connectivity index (χ0v) is 9.46. The van der Waals surface area contributed by atoms with E-state index in [1.807, 2.05) is 0 Å². The second-order valence-corrected chi connectivity index (χ2v) is 4.32. The maximum Gasteiger partial charge on any atom is 0.0509 e. The number of nitrogens with one attached hydrogen (secondary N) is 1. The van der Waals surface area contributed by atoms with Crippen LogP contribution < -0.4 is 11.1 Å². The van der Waals surface area contributed by atoms with Crippen molar-refractivity contribution in [3.63, 3.8) is 0 Å². The monoisotopic (exact) mass is 200 g/mol. The Balaban J connectivity index is 2.05. The summed E-state index contributed by atoms with van der Waals surface area (Å²) in [4.78, 5) is 0. The van der Waals surface area contributed by atoms with Gasteiger partial charge in [0, 0.05) is 18.7 Å². The number of rotatable bonds is 6. The van der Waals surface area contributed by atoms with Crippen LogP contribution in [0.25, 0.3) is 0 Å². The third-order valence-corrected chi connectivity index (χ3v) is 3.18. The van der Waals surface area contributed by atoms with E-state index in [2.05, 4.69) is 19.2 Å². The molecule has 1 aliphatic heterocycles. The van der Waals surface area contributed by atoms with Crippen LogP contribution in [0.2, 0.25) is 0 Å². The van der Waals surface area contributed by atoms with Crippen LogP contribution >= 0.6 is 0 Å². The molecule has 84 valence electrons. The fraction of sp³-hybridized carbons (Fsp3) is 1.00. The van der Waals surface area contributed by atoms with Gasteiger partial charge in [0.05, 0.1) is 6.61 Å². The van der Waals surface area contributed by atoms with Gasteiger partial charge in [-0.25, -0.2) is 0 Å². The Morgan fingerprint density at radius 2 is 2.36 bits per heavy atom. The van der Waals surface area contributed by atoms with Gasteiger partial charge in [0.2, 0.25) is 0 Å². The van der Waals surface area contributed by atoms with Crippen molar-refractivity contribution < 1.29 is 4.74 Å². The molecule has 0 aromatic heterocycles. The van der Waals surface area contributed by atoms with Crippen molar-refractivity contribution in [2.45, 2.75) is 45.2 Å². The van der Waals surface area contributed by atoms with Crippen LogP contribution in [0.3, 0.4) is 0 Å². The van der Waals surface area contributed by atoms with Gasteiger partial charge in [-0.05, 0) is 38.6 Å². The molecular formula is C11H24N2O. The average molecular weight is 200 g/mol. The van der Waals surface area contributed by atoms with Crippen LogP contribution in [0.5, 0.6) is 0 Å². The van der Waals surface area contributed by atoms with Gasteiger partial charge in [-0.1, -0.05) is 6.92 Å². The molecule has 0 saturated carbocycles. The Kier molecular flexibility index (Phi) is 5.45. The second kappa shape index (κ2) is 6.38. The molecule has 1 saturated heterocycles. The second-order valence-electron chi connectivity index (χ2n) is 4.32. The largest absolute Gasteiger partial charge is 0.381 e. The number of ether oxygens (including phenoxy) is 1. The molecule has 1 rings (SSSR count). The summed E-state index contributed by atoms with van der Waals surface area (Å²) in [6.45, 7) is 7.28. The van der Waals surface area contributed by atoms with E-state index in [0.717, 1.165) is 32.6 Å². The first-order chi connectivity index (χ1) is 6.74. The molecule has 0 aliphatic carbocycles. The van der Waals surface area contributed by atoms with Crippen molar-refractivity contribution in [2.24, 2.45) is 11.7 Å². The molecule has 3 unspecified atom stereocenters. The highest BCUT2D eigenvalue weighted by atomic mass is 16.5. The van der Waals surface area contributed by atoms with Gasteiger partial charge in [-0.15, -0.1) is 0 Å². The van der Waals surface area contributed by atoms with E-state index in [9.17, 15) is 0 Å². The Morgan fingerprint density at radius 1 is 1.57 bits per heavy atom. The maximum absolute atomic E-state index is 5.85. The quantitative estimate of drug-likeness (QED) is 0.675. The van der Waals surface area contributed by atoms with Crippen LogP contribution in [-0.2, 0) is 4.74 Å². The first-order valence-electron chi connectivity index (χ1n) is 5.80. The number of nitrogens with two attached hydrogens (primary N) is 1. The predicted molar refractivity (Wildman–Crippen MR) is 59.3 cm³/mol. The highest BCUT2D eigenvalue weighted by Crippen LogP contribution is 2.16. The van der Waals surface area contributed by atoms with Crippen molar-refractivity contribution in [1.82, 2.24) is 5.32 Å². The lowest BCUT2D eigenvalue weighted by Gasteiger charge is -2.20. The lowest BCUT2D eigenvalue weighted by Crippen LogP contribution is -2.36. The lowest BCUT2D eigenvalue weighted by atomic mass is 10.0. The first-order valence-corrected chi connectivity index (χ1v) is 5.80. The zero-order chi connectivity index (χ0) is 10.4. The summed E-state index contributed by atoms with van der Waals surface area (Å²) in [5, 5.41) is 3.53. The SMILES string of the molecule is CCC(N)CCNC(C)C1CCOC1. The summed E-state index contributed by atoms with van der Waals surface area (Å²) in [7, 11) is 0. The van der Waals surface area contributed by atoms with Crippen LogP contribution in [0.4, 0.5) is 0 Å². The lowest BCUT2D eigenvalue weighted by molar-refractivity contribution is 0.178. The molecule has 3 atom stereocenters. The highest BCUT2D eigenvalue weighted by molar-refractivity contribution is 4.76. The van der Waals surface area contributed by atoms with E-state index >= 15 is 0 Å². The van der Waals surface area contributed by atoms with Gasteiger partial charge in [0.15, 0.2) is 0 Å². The average Bonchev–Trinajstić information content (AvgIpc) is 2.70. The molecule has 0 aromatic rings. The van der Waals surface area contributed by atoms with Crippen molar-refractivity contribution in [3.8, 4) is 0 Å². The van der Waals surface area contributed by atoms with E-state index in [1.54, 1.807) is 0 Å². The number of hydrogen-bond acceptors (Lipinski definition) is 3. The van der Waals surface area contributed by atoms with Gasteiger partial charge in [-0.2, -0.15) is 0 Å². The van der Waals surface area contributed by atoms with Crippen LogP contribution in [0, 0.1) is 5.92 Å². The van der Waals surface area contributed by atoms with E-state index < -0.39 is 0 Å². The van der Waals surface area contributed by atoms with Gasteiger partial charge in [0.25, 0.3) is 0 Å². The van der Waals surface area contributed by atoms with Crippen molar-refractivity contribution >= 4 is 0 Å². The molecule has 3 nitrogen and oxygen atoms in total. The maximum atomic E-state index is 5.85. The highest BCUT2D eigenvalue weighted by Gasteiger charge is 2.21. The molecule has 1 aliphatic rings. The molecule has 3 heteroatoms. The van der Waals surface area contributed by atoms with Crippen LogP contribution in [0.1, 0.15) is 33.1 Å². The Hall–Kier alpha value is -0.120. The number of hydrogen-bond donors (Lipinski definition) is 2. The Morgan fingerprint density at radius 3 is 2.93 bits per heavy atom. The van der Waals surface area contributed by atoms with Crippen molar-refractivity contribution in [3.05, 3.63) is 0 Å². The molecule has 0 bridgehead atoms. The fourth-order valence-corrected chi connectivity index (χ4v) is 1.81. The molecule has 0 aromatic carbocycles. The minimum absolute atomic E-state index is 0.356. The molecule has 0 radical (unpaired) electrons. The Bertz CT molecular complexity index is 146. The molecule has 0 spiro atoms. The normalized spacial score (nSPS) is 26.4. The van der Waals surface area contributed by atoms with Crippen LogP contribution in [0.15, 0.2) is 0 Å². The van der Waals surface area contributed by atoms with Crippen molar-refractivity contribution in [1.29, 1.82) is 0 Å². The van der Waals surface area contributed by atoms with E-state index in [-0.39, 0.29) is 0 Å². The van der Waals surface area contributed by atoms with Gasteiger partial charge >= 0.3 is 0 Å². The van der Waals surface area contributed by atoms with Crippen LogP contribution in [-0.4, -0.2) is 31.8 Å². The van der Waals surface area contributed by atoms with E-state index in [4.69, 9.17) is 10.5 Å². The van der Waals surface area contributed by atoms with Gasteiger partial charge in [0.1, 0.15) is 0 Å². The molecule has 1 fully saturated rings. The third-order valence-electron chi connectivity index (χ3n) is 3.18. The summed E-state index contributed by atoms with van der Waals surface area (Å²) in [6.07, 6.45) is 3.35. The smallest absolute Gasteiger partial charge is 0.0509 e. The van der Waals surface area contributed by atoms with E-state index in [1.165, 1.54) is 6.42 Å². The Labute approximate surface area is 87.4 Å². The first kappa shape index (κ1) is 12.0. The summed E-state index contributed by atoms with van der Waals surface area (Å²) >= 11 is 0. The molecule has 0 amide bonds. The zero-order valence-electron chi connectivity index (χ0n) is 9.46. The fourth-order valence-electron chi connectivity index (χ4n) is 1.81. The van der Waals surface area contributed by atoms with E-state index in [0.29, 0.717) is 18.0 Å². The van der Waals surface area contributed by atoms with Gasteiger partial charge < -0.3 is 15.8 Å². The molecule has 14 heavy (non-hydrogen) atoms.